The number of hydroxylamine groups is 1. The summed E-state index contributed by atoms with van der Waals surface area (Å²) in [6.45, 7) is 0.950. The van der Waals surface area contributed by atoms with Crippen molar-refractivity contribution in [2.24, 2.45) is 0 Å². The number of fused-ring (bicyclic) bond motifs is 1. The maximum absolute atomic E-state index is 12.9. The maximum atomic E-state index is 12.9. The lowest BCUT2D eigenvalue weighted by atomic mass is 10.0. The van der Waals surface area contributed by atoms with E-state index in [0.29, 0.717) is 24.4 Å². The van der Waals surface area contributed by atoms with Crippen LogP contribution in [0.5, 0.6) is 0 Å². The summed E-state index contributed by atoms with van der Waals surface area (Å²) in [5.41, 5.74) is 4.39. The molecule has 0 fully saturated rings. The average Bonchev–Trinajstić information content (AvgIpc) is 3.22. The van der Waals surface area contributed by atoms with E-state index in [4.69, 9.17) is 5.21 Å². The summed E-state index contributed by atoms with van der Waals surface area (Å²) < 4.78 is 0. The van der Waals surface area contributed by atoms with E-state index in [1.54, 1.807) is 22.6 Å². The van der Waals surface area contributed by atoms with Gasteiger partial charge in [-0.15, -0.1) is 11.3 Å². The zero-order valence-corrected chi connectivity index (χ0v) is 15.1. The summed E-state index contributed by atoms with van der Waals surface area (Å²) >= 11 is 1.41. The average molecular weight is 380 g/mol. The second kappa shape index (κ2) is 7.26. The zero-order valence-electron chi connectivity index (χ0n) is 14.3. The fraction of sp³-hybridized carbons (Fsp3) is 0.158. The van der Waals surface area contributed by atoms with Crippen molar-refractivity contribution in [3.05, 3.63) is 70.5 Å². The molecular formula is C19H16N4O3S. The number of nitrogens with zero attached hydrogens (tertiary/aromatic N) is 3. The maximum Gasteiger partial charge on any atom is 0.276 e. The number of hydrogen-bond donors (Lipinski definition) is 2. The van der Waals surface area contributed by atoms with E-state index in [-0.39, 0.29) is 11.5 Å². The molecule has 1 aliphatic rings. The number of pyridine rings is 2. The highest BCUT2D eigenvalue weighted by atomic mass is 32.1. The van der Waals surface area contributed by atoms with Crippen LogP contribution in [0.3, 0.4) is 0 Å². The third-order valence-electron chi connectivity index (χ3n) is 4.42. The summed E-state index contributed by atoms with van der Waals surface area (Å²) in [5, 5.41) is 8.78. The van der Waals surface area contributed by atoms with E-state index < -0.39 is 5.91 Å². The molecule has 136 valence electrons. The van der Waals surface area contributed by atoms with Crippen molar-refractivity contribution in [2.45, 2.75) is 13.0 Å². The molecule has 0 aromatic carbocycles. The van der Waals surface area contributed by atoms with Gasteiger partial charge in [-0.25, -0.2) is 5.48 Å². The summed E-state index contributed by atoms with van der Waals surface area (Å²) in [6.07, 6.45) is 3.78. The minimum absolute atomic E-state index is 0.0511. The van der Waals surface area contributed by atoms with Crippen LogP contribution < -0.4 is 5.48 Å². The Hall–Kier alpha value is -3.10. The summed E-state index contributed by atoms with van der Waals surface area (Å²) in [5.74, 6) is -0.670. The Balaban J connectivity index is 1.54. The summed E-state index contributed by atoms with van der Waals surface area (Å²) in [4.78, 5) is 36.4. The van der Waals surface area contributed by atoms with Gasteiger partial charge < -0.3 is 4.90 Å². The largest absolute Gasteiger partial charge is 0.333 e. The first kappa shape index (κ1) is 17.3. The molecule has 2 N–H and O–H groups in total. The molecule has 0 spiro atoms. The molecule has 2 amide bonds. The lowest BCUT2D eigenvalue weighted by Gasteiger charge is -2.28. The molecule has 0 aliphatic carbocycles. The smallest absolute Gasteiger partial charge is 0.276 e. The Bertz CT molecular complexity index is 1000. The zero-order chi connectivity index (χ0) is 18.8. The number of thiophene rings is 1. The molecule has 0 bridgehead atoms. The minimum Gasteiger partial charge on any atom is -0.333 e. The number of rotatable bonds is 3. The third-order valence-corrected chi connectivity index (χ3v) is 5.52. The van der Waals surface area contributed by atoms with Gasteiger partial charge in [0.2, 0.25) is 0 Å². The van der Waals surface area contributed by atoms with Crippen molar-refractivity contribution >= 4 is 23.2 Å². The van der Waals surface area contributed by atoms with Crippen molar-refractivity contribution in [1.29, 1.82) is 0 Å². The van der Waals surface area contributed by atoms with Gasteiger partial charge in [0.25, 0.3) is 11.8 Å². The standard InChI is InChI=1S/C19H16N4O3S/c24-18(22-26)12-9-13-11-23(8-6-14(13)21-10-12)19(25)17-5-4-16(27-17)15-3-1-2-7-20-15/h1-5,7,9-10,26H,6,8,11H2,(H,22,24). The molecule has 1 aliphatic heterocycles. The van der Waals surface area contributed by atoms with Gasteiger partial charge in [0, 0.05) is 37.6 Å². The van der Waals surface area contributed by atoms with Crippen LogP contribution in [0, 0.1) is 0 Å². The minimum atomic E-state index is -0.619. The summed E-state index contributed by atoms with van der Waals surface area (Å²) in [7, 11) is 0. The van der Waals surface area contributed by atoms with Crippen LogP contribution in [0.15, 0.2) is 48.8 Å². The lowest BCUT2D eigenvalue weighted by Crippen LogP contribution is -2.36. The van der Waals surface area contributed by atoms with Crippen LogP contribution in [0.1, 0.15) is 31.3 Å². The van der Waals surface area contributed by atoms with E-state index in [1.165, 1.54) is 17.5 Å². The molecule has 7 nitrogen and oxygen atoms in total. The van der Waals surface area contributed by atoms with Crippen LogP contribution in [0.4, 0.5) is 0 Å². The topological polar surface area (TPSA) is 95.4 Å². The summed E-state index contributed by atoms with van der Waals surface area (Å²) in [6, 6.07) is 11.1. The van der Waals surface area contributed by atoms with E-state index >= 15 is 0 Å². The van der Waals surface area contributed by atoms with Crippen LogP contribution >= 0.6 is 11.3 Å². The van der Waals surface area contributed by atoms with E-state index in [2.05, 4.69) is 9.97 Å². The molecule has 27 heavy (non-hydrogen) atoms. The van der Waals surface area contributed by atoms with Gasteiger partial charge in [-0.1, -0.05) is 6.07 Å². The van der Waals surface area contributed by atoms with Gasteiger partial charge in [-0.2, -0.15) is 0 Å². The lowest BCUT2D eigenvalue weighted by molar-refractivity contribution is 0.0705. The van der Waals surface area contributed by atoms with Gasteiger partial charge in [0.15, 0.2) is 0 Å². The van der Waals surface area contributed by atoms with E-state index in [0.717, 1.165) is 21.8 Å². The molecule has 4 heterocycles. The van der Waals surface area contributed by atoms with Crippen molar-refractivity contribution in [2.75, 3.05) is 6.54 Å². The number of hydrogen-bond acceptors (Lipinski definition) is 6. The Labute approximate surface area is 159 Å². The Morgan fingerprint density at radius 3 is 2.85 bits per heavy atom. The van der Waals surface area contributed by atoms with E-state index in [1.807, 2.05) is 30.3 Å². The van der Waals surface area contributed by atoms with Crippen LogP contribution in [0.2, 0.25) is 0 Å². The van der Waals surface area contributed by atoms with Gasteiger partial charge in [0.1, 0.15) is 0 Å². The highest BCUT2D eigenvalue weighted by Crippen LogP contribution is 2.28. The Morgan fingerprint density at radius 2 is 2.07 bits per heavy atom. The molecular weight excluding hydrogens is 364 g/mol. The SMILES string of the molecule is O=C(NO)c1cnc2c(c1)CN(C(=O)c1ccc(-c3ccccn3)s1)CC2. The molecule has 0 saturated carbocycles. The second-order valence-electron chi connectivity index (χ2n) is 6.13. The molecule has 0 atom stereocenters. The first-order chi connectivity index (χ1) is 13.2. The number of aromatic nitrogens is 2. The molecule has 8 heteroatoms. The monoisotopic (exact) mass is 380 g/mol. The van der Waals surface area contributed by atoms with Gasteiger partial charge in [0.05, 0.1) is 21.0 Å². The highest BCUT2D eigenvalue weighted by molar-refractivity contribution is 7.17. The first-order valence-electron chi connectivity index (χ1n) is 8.38. The third kappa shape index (κ3) is 3.44. The van der Waals surface area contributed by atoms with E-state index in [9.17, 15) is 9.59 Å². The number of carbonyl (C=O) groups excluding carboxylic acids is 2. The van der Waals surface area contributed by atoms with Gasteiger partial charge in [-0.05, 0) is 35.9 Å². The predicted molar refractivity (Wildman–Crippen MR) is 99.5 cm³/mol. The van der Waals surface area contributed by atoms with Crippen molar-refractivity contribution < 1.29 is 14.8 Å². The molecule has 0 saturated heterocycles. The predicted octanol–water partition coefficient (Wildman–Crippen LogP) is 2.52. The Kier molecular flexibility index (Phi) is 4.66. The molecule has 4 rings (SSSR count). The van der Waals surface area contributed by atoms with Crippen molar-refractivity contribution in [3.63, 3.8) is 0 Å². The molecule has 0 radical (unpaired) electrons. The van der Waals surface area contributed by atoms with Crippen molar-refractivity contribution in [1.82, 2.24) is 20.3 Å². The van der Waals surface area contributed by atoms with Crippen molar-refractivity contribution in [3.8, 4) is 10.6 Å². The van der Waals surface area contributed by atoms with Crippen LogP contribution in [-0.2, 0) is 13.0 Å². The fourth-order valence-corrected chi connectivity index (χ4v) is 3.99. The fourth-order valence-electron chi connectivity index (χ4n) is 3.04. The molecule has 3 aromatic heterocycles. The highest BCUT2D eigenvalue weighted by Gasteiger charge is 2.24. The number of nitrogens with one attached hydrogen (secondary N) is 1. The first-order valence-corrected chi connectivity index (χ1v) is 9.20. The Morgan fingerprint density at radius 1 is 1.19 bits per heavy atom. The van der Waals surface area contributed by atoms with Crippen LogP contribution in [-0.4, -0.2) is 38.4 Å². The number of amides is 2. The molecule has 3 aromatic rings. The molecule has 0 unspecified atom stereocenters. The quantitative estimate of drug-likeness (QED) is 0.538. The van der Waals surface area contributed by atoms with Crippen LogP contribution in [0.25, 0.3) is 10.6 Å². The number of carbonyl (C=O) groups is 2. The second-order valence-corrected chi connectivity index (χ2v) is 7.21. The van der Waals surface area contributed by atoms with Gasteiger partial charge in [-0.3, -0.25) is 24.8 Å². The van der Waals surface area contributed by atoms with Gasteiger partial charge >= 0.3 is 0 Å². The normalized spacial score (nSPS) is 13.1.